The van der Waals surface area contributed by atoms with Crippen LogP contribution in [-0.4, -0.2) is 24.4 Å². The first-order valence-corrected chi connectivity index (χ1v) is 13.8. The van der Waals surface area contributed by atoms with E-state index in [1.54, 1.807) is 0 Å². The van der Waals surface area contributed by atoms with E-state index in [0.29, 0.717) is 0 Å². The Labute approximate surface area is 200 Å². The summed E-state index contributed by atoms with van der Waals surface area (Å²) in [6.07, 6.45) is -3.64. The highest BCUT2D eigenvalue weighted by Gasteiger charge is 2.46. The van der Waals surface area contributed by atoms with Gasteiger partial charge in [0.1, 0.15) is 0 Å². The lowest BCUT2D eigenvalue weighted by molar-refractivity contribution is -0.597. The van der Waals surface area contributed by atoms with E-state index in [9.17, 15) is 26.1 Å². The van der Waals surface area contributed by atoms with E-state index >= 15 is 0 Å². The van der Waals surface area contributed by atoms with E-state index in [1.165, 1.54) is 18.3 Å². The lowest BCUT2D eigenvalue weighted by atomic mass is 9.87. The van der Waals surface area contributed by atoms with Crippen LogP contribution in [0.15, 0.2) is 48.5 Å². The van der Waals surface area contributed by atoms with Crippen LogP contribution in [0.3, 0.4) is 0 Å². The summed E-state index contributed by atoms with van der Waals surface area (Å²) in [7, 11) is -5.87. The van der Waals surface area contributed by atoms with Crippen molar-refractivity contribution in [1.82, 2.24) is 0 Å². The SMILES string of the molecule is CC(C)(C)c1ccc([I+]c2ccc(C(C)(C)C)cc2)cc1.CCC(F)C(F)(F)S(=O)(=O)[O-]. The van der Waals surface area contributed by atoms with Crippen LogP contribution in [0, 0.1) is 7.14 Å². The number of hydrogen-bond donors (Lipinski definition) is 0. The maximum atomic E-state index is 12.1. The molecule has 0 aliphatic rings. The van der Waals surface area contributed by atoms with E-state index in [-0.39, 0.29) is 32.0 Å². The summed E-state index contributed by atoms with van der Waals surface area (Å²) in [5.41, 5.74) is 3.31. The zero-order valence-corrected chi connectivity index (χ0v) is 22.5. The Morgan fingerprint density at radius 2 is 1.12 bits per heavy atom. The highest BCUT2D eigenvalue weighted by molar-refractivity contribution is 7.86. The second-order valence-electron chi connectivity index (χ2n) is 9.50. The van der Waals surface area contributed by atoms with Crippen molar-refractivity contribution in [2.45, 2.75) is 77.1 Å². The standard InChI is InChI=1S/C20H26I.C4H7F3O3S/c1-19(2,3)15-7-11-17(12-8-15)21-18-13-9-16(10-14-18)20(4,5)6;1-2-3(5)4(6,7)11(8,9)10/h7-14H,1-6H3;3H,2H2,1H3,(H,8,9,10)/q+1;/p-1. The largest absolute Gasteiger partial charge is 0.743 e. The lowest BCUT2D eigenvalue weighted by Gasteiger charge is -2.22. The molecule has 32 heavy (non-hydrogen) atoms. The minimum absolute atomic E-state index is 0.0703. The van der Waals surface area contributed by atoms with Crippen LogP contribution in [0.1, 0.15) is 66.0 Å². The van der Waals surface area contributed by atoms with Gasteiger partial charge in [-0.05, 0) is 52.6 Å². The molecule has 3 nitrogen and oxygen atoms in total. The maximum Gasteiger partial charge on any atom is 0.364 e. The second kappa shape index (κ2) is 10.9. The Balaban J connectivity index is 0.000000396. The molecule has 2 aromatic rings. The van der Waals surface area contributed by atoms with E-state index in [1.807, 2.05) is 0 Å². The summed E-state index contributed by atoms with van der Waals surface area (Å²) in [5.74, 6) is 0. The predicted octanol–water partition coefficient (Wildman–Crippen LogP) is 3.28. The molecule has 0 saturated heterocycles. The molecular weight excluding hydrogens is 552 g/mol. The quantitative estimate of drug-likeness (QED) is 0.401. The fourth-order valence-electron chi connectivity index (χ4n) is 2.55. The molecule has 8 heteroatoms. The molecule has 0 aliphatic carbocycles. The highest BCUT2D eigenvalue weighted by atomic mass is 127. The van der Waals surface area contributed by atoms with Crippen LogP contribution in [0.2, 0.25) is 0 Å². The van der Waals surface area contributed by atoms with Crippen molar-refractivity contribution in [2.75, 3.05) is 0 Å². The first-order valence-electron chi connectivity index (χ1n) is 10.2. The lowest BCUT2D eigenvalue weighted by Crippen LogP contribution is -3.61. The van der Waals surface area contributed by atoms with Crippen molar-refractivity contribution >= 4 is 10.1 Å². The third-order valence-corrected chi connectivity index (χ3v) is 8.30. The van der Waals surface area contributed by atoms with Crippen molar-refractivity contribution < 1.29 is 47.3 Å². The van der Waals surface area contributed by atoms with Gasteiger partial charge in [0.15, 0.2) is 23.4 Å². The van der Waals surface area contributed by atoms with Gasteiger partial charge < -0.3 is 4.55 Å². The summed E-state index contributed by atoms with van der Waals surface area (Å²) < 4.78 is 68.3. The van der Waals surface area contributed by atoms with Gasteiger partial charge in [0.05, 0.1) is 0 Å². The topological polar surface area (TPSA) is 57.2 Å². The fourth-order valence-corrected chi connectivity index (χ4v) is 5.18. The zero-order chi connectivity index (χ0) is 25.0. The van der Waals surface area contributed by atoms with E-state index in [4.69, 9.17) is 0 Å². The van der Waals surface area contributed by atoms with Crippen molar-refractivity contribution in [1.29, 1.82) is 0 Å². The number of benzene rings is 2. The second-order valence-corrected chi connectivity index (χ2v) is 14.0. The normalized spacial score (nSPS) is 13.8. The van der Waals surface area contributed by atoms with Crippen LogP contribution in [-0.2, 0) is 20.9 Å². The van der Waals surface area contributed by atoms with Crippen molar-refractivity contribution in [3.05, 3.63) is 66.8 Å². The molecule has 0 radical (unpaired) electrons. The molecule has 1 unspecified atom stereocenters. The van der Waals surface area contributed by atoms with Crippen LogP contribution in [0.25, 0.3) is 0 Å². The van der Waals surface area contributed by atoms with Gasteiger partial charge in [-0.1, -0.05) is 72.7 Å². The van der Waals surface area contributed by atoms with Crippen molar-refractivity contribution in [3.8, 4) is 0 Å². The Hall–Kier alpha value is -1.13. The molecule has 0 fully saturated rings. The third kappa shape index (κ3) is 8.33. The Kier molecular flexibility index (Phi) is 9.81. The van der Waals surface area contributed by atoms with Gasteiger partial charge in [-0.3, -0.25) is 0 Å². The first-order chi connectivity index (χ1) is 14.4. The van der Waals surface area contributed by atoms with Crippen LogP contribution >= 0.6 is 0 Å². The van der Waals surface area contributed by atoms with Gasteiger partial charge in [0.25, 0.3) is 0 Å². The minimum Gasteiger partial charge on any atom is -0.743 e. The number of halogens is 4. The van der Waals surface area contributed by atoms with Crippen molar-refractivity contribution in [2.24, 2.45) is 0 Å². The molecule has 0 amide bonds. The Morgan fingerprint density at radius 1 is 0.812 bits per heavy atom. The Morgan fingerprint density at radius 3 is 1.31 bits per heavy atom. The zero-order valence-electron chi connectivity index (χ0n) is 19.5. The van der Waals surface area contributed by atoms with E-state index < -0.39 is 28.0 Å². The molecule has 0 bridgehead atoms. The number of alkyl halides is 3. The summed E-state index contributed by atoms with van der Waals surface area (Å²) in [6.45, 7) is 14.6. The number of rotatable bonds is 5. The van der Waals surface area contributed by atoms with Gasteiger partial charge in [0.2, 0.25) is 0 Å². The molecule has 180 valence electrons. The van der Waals surface area contributed by atoms with Gasteiger partial charge >= 0.3 is 26.5 Å². The molecule has 0 N–H and O–H groups in total. The van der Waals surface area contributed by atoms with E-state index in [2.05, 4.69) is 90.1 Å². The van der Waals surface area contributed by atoms with Crippen LogP contribution in [0.4, 0.5) is 13.2 Å². The molecule has 1 atom stereocenters. The molecule has 2 rings (SSSR count). The van der Waals surface area contributed by atoms with Gasteiger partial charge in [-0.2, -0.15) is 8.78 Å². The minimum atomic E-state index is -5.87. The highest BCUT2D eigenvalue weighted by Crippen LogP contribution is 2.28. The molecule has 2 aromatic carbocycles. The monoisotopic (exact) mass is 584 g/mol. The molecule has 0 aromatic heterocycles. The Bertz CT molecular complexity index is 904. The van der Waals surface area contributed by atoms with Gasteiger partial charge in [-0.25, -0.2) is 12.8 Å². The third-order valence-electron chi connectivity index (χ3n) is 4.70. The molecule has 0 saturated carbocycles. The van der Waals surface area contributed by atoms with Crippen molar-refractivity contribution in [3.63, 3.8) is 0 Å². The van der Waals surface area contributed by atoms with Crippen LogP contribution < -0.4 is 21.2 Å². The molecule has 0 aliphatic heterocycles. The smallest absolute Gasteiger partial charge is 0.364 e. The van der Waals surface area contributed by atoms with Crippen LogP contribution in [0.5, 0.6) is 0 Å². The summed E-state index contributed by atoms with van der Waals surface area (Å²) in [4.78, 5) is 0. The van der Waals surface area contributed by atoms with Gasteiger partial charge in [-0.15, -0.1) is 0 Å². The summed E-state index contributed by atoms with van der Waals surface area (Å²) in [6, 6.07) is 18.4. The summed E-state index contributed by atoms with van der Waals surface area (Å²) >= 11 is -0.0703. The van der Waals surface area contributed by atoms with E-state index in [0.717, 1.165) is 6.92 Å². The maximum absolute atomic E-state index is 12.1. The molecule has 0 spiro atoms. The predicted molar refractivity (Wildman–Crippen MR) is 118 cm³/mol. The average molecular weight is 584 g/mol. The number of hydrogen-bond acceptors (Lipinski definition) is 3. The fraction of sp³-hybridized carbons (Fsp3) is 0.500. The summed E-state index contributed by atoms with van der Waals surface area (Å²) in [5, 5.41) is -4.80. The first kappa shape index (κ1) is 28.9. The van der Waals surface area contributed by atoms with Gasteiger partial charge in [0, 0.05) is 0 Å². The molecular formula is C24H32F3IO3S. The molecule has 0 heterocycles. The average Bonchev–Trinajstić information content (AvgIpc) is 2.66.